The first-order valence-electron chi connectivity index (χ1n) is 6.80. The Bertz CT molecular complexity index is 477. The van der Waals surface area contributed by atoms with Gasteiger partial charge >= 0.3 is 0 Å². The third kappa shape index (κ3) is 3.13. The molecule has 1 aromatic heterocycles. The van der Waals surface area contributed by atoms with Crippen LogP contribution in [0.2, 0.25) is 0 Å². The van der Waals surface area contributed by atoms with Crippen LogP contribution in [-0.4, -0.2) is 68.8 Å². The number of hydrogen-bond donors (Lipinski definition) is 1. The van der Waals surface area contributed by atoms with E-state index in [-0.39, 0.29) is 18.6 Å². The van der Waals surface area contributed by atoms with E-state index in [0.29, 0.717) is 31.5 Å². The van der Waals surface area contributed by atoms with Crippen molar-refractivity contribution in [3.63, 3.8) is 0 Å². The molecule has 1 aliphatic carbocycles. The van der Waals surface area contributed by atoms with Crippen molar-refractivity contribution in [2.75, 3.05) is 32.1 Å². The highest BCUT2D eigenvalue weighted by Crippen LogP contribution is 2.37. The maximum absolute atomic E-state index is 12.2. The molecule has 8 heteroatoms. The van der Waals surface area contributed by atoms with Crippen molar-refractivity contribution < 1.29 is 14.6 Å². The fraction of sp³-hybridized carbons (Fsp3) is 0.750. The molecule has 1 aromatic rings. The summed E-state index contributed by atoms with van der Waals surface area (Å²) in [6.45, 7) is 1.49. The molecule has 1 N–H and O–H groups in total. The monoisotopic (exact) mass is 298 g/mol. The molecule has 1 saturated heterocycles. The van der Waals surface area contributed by atoms with Gasteiger partial charge in [0.2, 0.25) is 5.91 Å². The summed E-state index contributed by atoms with van der Waals surface area (Å²) in [5.74, 6) is 0.408. The van der Waals surface area contributed by atoms with Gasteiger partial charge in [-0.25, -0.2) is 0 Å². The summed E-state index contributed by atoms with van der Waals surface area (Å²) in [4.78, 5) is 13.9. The highest BCUT2D eigenvalue weighted by atomic mass is 32.2. The van der Waals surface area contributed by atoms with E-state index in [1.165, 1.54) is 24.6 Å². The molecule has 2 aliphatic rings. The van der Waals surface area contributed by atoms with Crippen LogP contribution in [0.5, 0.6) is 0 Å². The maximum atomic E-state index is 12.2. The molecule has 1 unspecified atom stereocenters. The number of nitrogens with zero attached hydrogens (tertiary/aromatic N) is 4. The second-order valence-electron chi connectivity index (χ2n) is 5.06. The lowest BCUT2D eigenvalue weighted by atomic mass is 10.3. The first-order valence-corrected chi connectivity index (χ1v) is 7.79. The predicted octanol–water partition coefficient (Wildman–Crippen LogP) is -0.0752. The molecular weight excluding hydrogens is 280 g/mol. The fourth-order valence-corrected chi connectivity index (χ4v) is 3.10. The van der Waals surface area contributed by atoms with E-state index in [9.17, 15) is 4.79 Å². The van der Waals surface area contributed by atoms with E-state index >= 15 is 0 Å². The number of carbonyl (C=O) groups excluding carboxylic acids is 1. The lowest BCUT2D eigenvalue weighted by Crippen LogP contribution is -2.47. The number of carbonyl (C=O) groups is 1. The molecule has 0 radical (unpaired) electrons. The SMILES string of the molecule is O=C(CSc1nncn1C1CC1)N1CCOC(CO)C1. The van der Waals surface area contributed by atoms with Crippen molar-refractivity contribution in [2.45, 2.75) is 30.1 Å². The van der Waals surface area contributed by atoms with Crippen molar-refractivity contribution in [2.24, 2.45) is 0 Å². The van der Waals surface area contributed by atoms with Crippen LogP contribution in [-0.2, 0) is 9.53 Å². The Labute approximate surface area is 121 Å². The van der Waals surface area contributed by atoms with Crippen molar-refractivity contribution in [3.8, 4) is 0 Å². The summed E-state index contributed by atoms with van der Waals surface area (Å²) < 4.78 is 7.39. The van der Waals surface area contributed by atoms with Gasteiger partial charge in [0.05, 0.1) is 25.1 Å². The normalized spacial score (nSPS) is 23.1. The van der Waals surface area contributed by atoms with E-state index < -0.39 is 0 Å². The standard InChI is InChI=1S/C12H18N4O3S/c17-6-10-5-15(3-4-19-10)11(18)7-20-12-14-13-8-16(12)9-1-2-9/h8-10,17H,1-7H2. The predicted molar refractivity (Wildman–Crippen MR) is 72.4 cm³/mol. The van der Waals surface area contributed by atoms with E-state index in [1.807, 2.05) is 4.57 Å². The zero-order valence-electron chi connectivity index (χ0n) is 11.1. The molecule has 1 aliphatic heterocycles. The fourth-order valence-electron chi connectivity index (χ4n) is 2.21. The van der Waals surface area contributed by atoms with Crippen LogP contribution >= 0.6 is 11.8 Å². The van der Waals surface area contributed by atoms with Gasteiger partial charge in [0, 0.05) is 19.1 Å². The van der Waals surface area contributed by atoms with Crippen LogP contribution in [0.25, 0.3) is 0 Å². The number of aromatic nitrogens is 3. The molecule has 1 amide bonds. The number of aliphatic hydroxyl groups is 1. The molecule has 110 valence electrons. The molecular formula is C12H18N4O3S. The van der Waals surface area contributed by atoms with Gasteiger partial charge < -0.3 is 19.3 Å². The van der Waals surface area contributed by atoms with Gasteiger partial charge in [-0.2, -0.15) is 0 Å². The average molecular weight is 298 g/mol. The molecule has 1 saturated carbocycles. The zero-order valence-corrected chi connectivity index (χ0v) is 12.0. The minimum Gasteiger partial charge on any atom is -0.394 e. The van der Waals surface area contributed by atoms with Crippen LogP contribution in [0.4, 0.5) is 0 Å². The number of rotatable bonds is 5. The van der Waals surface area contributed by atoms with Gasteiger partial charge in [-0.15, -0.1) is 10.2 Å². The number of hydrogen-bond acceptors (Lipinski definition) is 6. The number of amides is 1. The van der Waals surface area contributed by atoms with E-state index in [0.717, 1.165) is 5.16 Å². The molecule has 0 aromatic carbocycles. The molecule has 0 spiro atoms. The van der Waals surface area contributed by atoms with Gasteiger partial charge in [-0.05, 0) is 12.8 Å². The Balaban J connectivity index is 1.52. The third-order valence-corrected chi connectivity index (χ3v) is 4.44. The van der Waals surface area contributed by atoms with Crippen molar-refractivity contribution >= 4 is 17.7 Å². The quantitative estimate of drug-likeness (QED) is 0.766. The Kier molecular flexibility index (Phi) is 4.23. The van der Waals surface area contributed by atoms with E-state index in [1.54, 1.807) is 11.2 Å². The van der Waals surface area contributed by atoms with Crippen molar-refractivity contribution in [3.05, 3.63) is 6.33 Å². The van der Waals surface area contributed by atoms with E-state index in [4.69, 9.17) is 9.84 Å². The summed E-state index contributed by atoms with van der Waals surface area (Å²) >= 11 is 1.43. The first-order chi connectivity index (χ1) is 9.78. The average Bonchev–Trinajstić information content (AvgIpc) is 3.23. The maximum Gasteiger partial charge on any atom is 0.233 e. The van der Waals surface area contributed by atoms with Crippen LogP contribution in [0.1, 0.15) is 18.9 Å². The summed E-state index contributed by atoms with van der Waals surface area (Å²) in [7, 11) is 0. The van der Waals surface area contributed by atoms with Gasteiger partial charge in [-0.1, -0.05) is 11.8 Å². The minimum absolute atomic E-state index is 0.0487. The van der Waals surface area contributed by atoms with Crippen molar-refractivity contribution in [1.82, 2.24) is 19.7 Å². The lowest BCUT2D eigenvalue weighted by molar-refractivity contribution is -0.137. The Morgan fingerprint density at radius 2 is 2.40 bits per heavy atom. The second-order valence-corrected chi connectivity index (χ2v) is 6.00. The Hall–Kier alpha value is -1.12. The van der Waals surface area contributed by atoms with Crippen LogP contribution in [0.15, 0.2) is 11.5 Å². The van der Waals surface area contributed by atoms with Crippen molar-refractivity contribution in [1.29, 1.82) is 0 Å². The zero-order chi connectivity index (χ0) is 13.9. The number of thioether (sulfide) groups is 1. The second kappa shape index (κ2) is 6.11. The topological polar surface area (TPSA) is 80.5 Å². The van der Waals surface area contributed by atoms with Gasteiger partial charge in [0.1, 0.15) is 6.33 Å². The smallest absolute Gasteiger partial charge is 0.233 e. The van der Waals surface area contributed by atoms with Crippen LogP contribution in [0, 0.1) is 0 Å². The lowest BCUT2D eigenvalue weighted by Gasteiger charge is -2.31. The largest absolute Gasteiger partial charge is 0.394 e. The molecule has 2 fully saturated rings. The summed E-state index contributed by atoms with van der Waals surface area (Å²) in [6, 6.07) is 0.518. The van der Waals surface area contributed by atoms with Gasteiger partial charge in [0.15, 0.2) is 5.16 Å². The molecule has 3 rings (SSSR count). The number of morpholine rings is 1. The number of ether oxygens (including phenoxy) is 1. The Morgan fingerprint density at radius 3 is 3.15 bits per heavy atom. The molecule has 2 heterocycles. The molecule has 20 heavy (non-hydrogen) atoms. The summed E-state index contributed by atoms with van der Waals surface area (Å²) in [5, 5.41) is 17.9. The highest BCUT2D eigenvalue weighted by molar-refractivity contribution is 7.99. The van der Waals surface area contributed by atoms with Gasteiger partial charge in [-0.3, -0.25) is 4.79 Å². The molecule has 0 bridgehead atoms. The third-order valence-electron chi connectivity index (χ3n) is 3.50. The van der Waals surface area contributed by atoms with Gasteiger partial charge in [0.25, 0.3) is 0 Å². The Morgan fingerprint density at radius 1 is 1.55 bits per heavy atom. The number of aliphatic hydroxyl groups excluding tert-OH is 1. The summed E-state index contributed by atoms with van der Waals surface area (Å²) in [6.07, 6.45) is 3.82. The minimum atomic E-state index is -0.257. The molecule has 1 atom stereocenters. The van der Waals surface area contributed by atoms with Crippen LogP contribution < -0.4 is 0 Å². The van der Waals surface area contributed by atoms with E-state index in [2.05, 4.69) is 10.2 Å². The molecule has 7 nitrogen and oxygen atoms in total. The summed E-state index contributed by atoms with van der Waals surface area (Å²) in [5.41, 5.74) is 0. The highest BCUT2D eigenvalue weighted by Gasteiger charge is 2.27. The first kappa shape index (κ1) is 13.8. The van der Waals surface area contributed by atoms with Crippen LogP contribution in [0.3, 0.4) is 0 Å².